The van der Waals surface area contributed by atoms with Crippen LogP contribution >= 0.6 is 0 Å². The molecule has 3 aromatic rings. The van der Waals surface area contributed by atoms with Crippen molar-refractivity contribution in [2.24, 2.45) is 0 Å². The number of ether oxygens (including phenoxy) is 1. The summed E-state index contributed by atoms with van der Waals surface area (Å²) in [5.41, 5.74) is 1.79. The highest BCUT2D eigenvalue weighted by molar-refractivity contribution is 5.97. The monoisotopic (exact) mass is 420 g/mol. The van der Waals surface area contributed by atoms with Gasteiger partial charge < -0.3 is 19.8 Å². The summed E-state index contributed by atoms with van der Waals surface area (Å²) in [6.07, 6.45) is 1.94. The largest absolute Gasteiger partial charge is 0.467 e. The molecule has 0 saturated heterocycles. The van der Waals surface area contributed by atoms with Crippen LogP contribution in [0.25, 0.3) is 0 Å². The maximum Gasteiger partial charge on any atom is 0.340 e. The Morgan fingerprint density at radius 2 is 1.71 bits per heavy atom. The Labute approximate surface area is 180 Å². The Kier molecular flexibility index (Phi) is 7.59. The van der Waals surface area contributed by atoms with E-state index in [-0.39, 0.29) is 5.78 Å². The minimum absolute atomic E-state index is 0.170. The minimum Gasteiger partial charge on any atom is -0.467 e. The van der Waals surface area contributed by atoms with E-state index in [1.54, 1.807) is 36.6 Å². The molecule has 0 fully saturated rings. The Morgan fingerprint density at radius 3 is 2.42 bits per heavy atom. The second kappa shape index (κ2) is 10.8. The molecule has 160 valence electrons. The van der Waals surface area contributed by atoms with E-state index in [1.165, 1.54) is 6.92 Å². The van der Waals surface area contributed by atoms with Crippen LogP contribution in [0.3, 0.4) is 0 Å². The molecule has 1 heterocycles. The van der Waals surface area contributed by atoms with Gasteiger partial charge in [-0.2, -0.15) is 0 Å². The van der Waals surface area contributed by atoms with Crippen LogP contribution < -0.4 is 10.6 Å². The van der Waals surface area contributed by atoms with Gasteiger partial charge in [-0.05, 0) is 43.2 Å². The van der Waals surface area contributed by atoms with E-state index < -0.39 is 24.5 Å². The fourth-order valence-corrected chi connectivity index (χ4v) is 3.00. The first-order chi connectivity index (χ1) is 15.0. The van der Waals surface area contributed by atoms with Crippen molar-refractivity contribution in [2.75, 3.05) is 11.9 Å². The third-order valence-electron chi connectivity index (χ3n) is 4.62. The molecule has 31 heavy (non-hydrogen) atoms. The Bertz CT molecular complexity index is 1020. The summed E-state index contributed by atoms with van der Waals surface area (Å²) < 4.78 is 10.4. The number of amides is 1. The smallest absolute Gasteiger partial charge is 0.340 e. The van der Waals surface area contributed by atoms with Gasteiger partial charge in [-0.3, -0.25) is 9.59 Å². The third kappa shape index (κ3) is 6.57. The molecule has 0 spiro atoms. The van der Waals surface area contributed by atoms with Gasteiger partial charge in [-0.15, -0.1) is 0 Å². The fourth-order valence-electron chi connectivity index (χ4n) is 3.00. The van der Waals surface area contributed by atoms with Crippen molar-refractivity contribution in [3.8, 4) is 0 Å². The molecule has 1 atom stereocenters. The molecular formula is C24H24N2O5. The molecule has 3 rings (SSSR count). The first kappa shape index (κ1) is 21.8. The molecule has 1 aromatic heterocycles. The lowest BCUT2D eigenvalue weighted by molar-refractivity contribution is -0.128. The van der Waals surface area contributed by atoms with E-state index in [4.69, 9.17) is 9.15 Å². The molecule has 2 aromatic carbocycles. The topological polar surface area (TPSA) is 97.6 Å². The third-order valence-corrected chi connectivity index (χ3v) is 4.62. The molecule has 0 aliphatic rings. The first-order valence-corrected chi connectivity index (χ1v) is 9.89. The number of ketones is 1. The molecule has 7 heteroatoms. The van der Waals surface area contributed by atoms with Crippen molar-refractivity contribution in [3.63, 3.8) is 0 Å². The number of para-hydroxylation sites is 1. The number of carbonyl (C=O) groups is 3. The van der Waals surface area contributed by atoms with Gasteiger partial charge in [-0.1, -0.05) is 42.5 Å². The standard InChI is InChI=1S/C24H24N2O5/c1-17(27)22(14-18-8-3-2-4-9-18)26-23(28)16-31-24(29)20-11-5-6-12-21(20)25-15-19-10-7-13-30-19/h2-13,22,25H,14-16H2,1H3,(H,26,28)/t22-/m0/s1. The summed E-state index contributed by atoms with van der Waals surface area (Å²) in [7, 11) is 0. The van der Waals surface area contributed by atoms with Crippen molar-refractivity contribution >= 4 is 23.3 Å². The van der Waals surface area contributed by atoms with Gasteiger partial charge in [0, 0.05) is 5.69 Å². The zero-order valence-corrected chi connectivity index (χ0v) is 17.2. The number of hydrogen-bond acceptors (Lipinski definition) is 6. The maximum absolute atomic E-state index is 12.5. The summed E-state index contributed by atoms with van der Waals surface area (Å²) in [4.78, 5) is 36.7. The van der Waals surface area contributed by atoms with Crippen LogP contribution in [-0.4, -0.2) is 30.3 Å². The molecule has 0 bridgehead atoms. The van der Waals surface area contributed by atoms with Crippen molar-refractivity contribution < 1.29 is 23.5 Å². The molecule has 0 radical (unpaired) electrons. The van der Waals surface area contributed by atoms with Gasteiger partial charge in [0.25, 0.3) is 5.91 Å². The first-order valence-electron chi connectivity index (χ1n) is 9.89. The number of hydrogen-bond donors (Lipinski definition) is 2. The average molecular weight is 420 g/mol. The Balaban J connectivity index is 1.54. The number of rotatable bonds is 10. The van der Waals surface area contributed by atoms with Crippen LogP contribution in [-0.2, 0) is 27.3 Å². The normalized spacial score (nSPS) is 11.4. The van der Waals surface area contributed by atoms with Crippen LogP contribution in [0.5, 0.6) is 0 Å². The zero-order valence-electron chi connectivity index (χ0n) is 17.2. The summed E-state index contributed by atoms with van der Waals surface area (Å²) in [5, 5.41) is 5.76. The number of carbonyl (C=O) groups excluding carboxylic acids is 3. The van der Waals surface area contributed by atoms with E-state index in [9.17, 15) is 14.4 Å². The maximum atomic E-state index is 12.5. The van der Waals surface area contributed by atoms with Gasteiger partial charge in [0.1, 0.15) is 5.76 Å². The fraction of sp³-hybridized carbons (Fsp3) is 0.208. The van der Waals surface area contributed by atoms with E-state index in [0.717, 1.165) is 11.3 Å². The van der Waals surface area contributed by atoms with E-state index in [1.807, 2.05) is 36.4 Å². The minimum atomic E-state index is -0.684. The van der Waals surface area contributed by atoms with Crippen LogP contribution in [0.1, 0.15) is 28.6 Å². The number of benzene rings is 2. The Hall–Kier alpha value is -3.87. The summed E-state index contributed by atoms with van der Waals surface area (Å²) in [5.74, 6) is -0.627. The van der Waals surface area contributed by atoms with Crippen molar-refractivity contribution in [1.82, 2.24) is 5.32 Å². The van der Waals surface area contributed by atoms with Crippen molar-refractivity contribution in [2.45, 2.75) is 25.9 Å². The number of esters is 1. The lowest BCUT2D eigenvalue weighted by atomic mass is 10.0. The van der Waals surface area contributed by atoms with Crippen molar-refractivity contribution in [1.29, 1.82) is 0 Å². The van der Waals surface area contributed by atoms with Gasteiger partial charge >= 0.3 is 5.97 Å². The van der Waals surface area contributed by atoms with Crippen LogP contribution in [0.2, 0.25) is 0 Å². The highest BCUT2D eigenvalue weighted by Gasteiger charge is 2.19. The molecule has 7 nitrogen and oxygen atoms in total. The van der Waals surface area contributed by atoms with Crippen LogP contribution in [0.4, 0.5) is 5.69 Å². The average Bonchev–Trinajstić information content (AvgIpc) is 3.30. The Morgan fingerprint density at radius 1 is 0.968 bits per heavy atom. The number of furan rings is 1. The highest BCUT2D eigenvalue weighted by Crippen LogP contribution is 2.17. The lowest BCUT2D eigenvalue weighted by Gasteiger charge is -2.16. The molecular weight excluding hydrogens is 396 g/mol. The predicted molar refractivity (Wildman–Crippen MR) is 116 cm³/mol. The predicted octanol–water partition coefficient (Wildman–Crippen LogP) is 3.37. The molecule has 2 N–H and O–H groups in total. The zero-order chi connectivity index (χ0) is 22.1. The SMILES string of the molecule is CC(=O)[C@H](Cc1ccccc1)NC(=O)COC(=O)c1ccccc1NCc1ccco1. The van der Waals surface area contributed by atoms with Gasteiger partial charge in [-0.25, -0.2) is 4.79 Å². The van der Waals surface area contributed by atoms with Gasteiger partial charge in [0.2, 0.25) is 0 Å². The molecule has 0 aliphatic carbocycles. The second-order valence-electron chi connectivity index (χ2n) is 6.98. The quantitative estimate of drug-likeness (QED) is 0.488. The second-order valence-corrected chi connectivity index (χ2v) is 6.98. The molecule has 0 saturated carbocycles. The van der Waals surface area contributed by atoms with E-state index >= 15 is 0 Å². The number of anilines is 1. The summed E-state index contributed by atoms with van der Waals surface area (Å²) >= 11 is 0. The van der Waals surface area contributed by atoms with Crippen LogP contribution in [0, 0.1) is 0 Å². The van der Waals surface area contributed by atoms with E-state index in [2.05, 4.69) is 10.6 Å². The van der Waals surface area contributed by atoms with E-state index in [0.29, 0.717) is 24.2 Å². The molecule has 1 amide bonds. The van der Waals surface area contributed by atoms with Gasteiger partial charge in [0.05, 0.1) is 24.4 Å². The molecule has 0 unspecified atom stereocenters. The summed E-state index contributed by atoms with van der Waals surface area (Å²) in [6, 6.07) is 19.1. The lowest BCUT2D eigenvalue weighted by Crippen LogP contribution is -2.43. The van der Waals surface area contributed by atoms with Crippen LogP contribution in [0.15, 0.2) is 77.4 Å². The molecule has 0 aliphatic heterocycles. The highest BCUT2D eigenvalue weighted by atomic mass is 16.5. The number of nitrogens with one attached hydrogen (secondary N) is 2. The summed E-state index contributed by atoms with van der Waals surface area (Å²) in [6.45, 7) is 1.34. The number of Topliss-reactive ketones (excluding diaryl/α,β-unsaturated/α-hetero) is 1. The van der Waals surface area contributed by atoms with Crippen molar-refractivity contribution in [3.05, 3.63) is 89.9 Å². The van der Waals surface area contributed by atoms with Gasteiger partial charge in [0.15, 0.2) is 12.4 Å².